The molecule has 0 aromatic heterocycles. The van der Waals surface area contributed by atoms with Gasteiger partial charge in [0.15, 0.2) is 0 Å². The Bertz CT molecular complexity index is 158. The van der Waals surface area contributed by atoms with E-state index < -0.39 is 0 Å². The third kappa shape index (κ3) is 14500. The van der Waals surface area contributed by atoms with Crippen LogP contribution in [0.5, 0.6) is 0 Å². The Kier molecular flexibility index (Phi) is 219. The first-order chi connectivity index (χ1) is 5.66. The van der Waals surface area contributed by atoms with Gasteiger partial charge in [-0.15, -0.1) is 0 Å². The molecule has 0 atom stereocenters. The van der Waals surface area contributed by atoms with Crippen LogP contribution in [-0.4, -0.2) is 0 Å². The second kappa shape index (κ2) is 97.2. The van der Waals surface area contributed by atoms with Gasteiger partial charge < -0.3 is 50.5 Å². The van der Waals surface area contributed by atoms with E-state index in [2.05, 4.69) is 50.5 Å². The Morgan fingerprint density at radius 3 is 0.538 bits per heavy atom. The molecule has 0 rings (SSSR count). The normalized spacial score (nSPS) is 2.15. The van der Waals surface area contributed by atoms with E-state index >= 15 is 0 Å². The monoisotopic (exact) mass is 322 g/mol. The first kappa shape index (κ1) is 29.3. The van der Waals surface area contributed by atoms with Gasteiger partial charge in [-0.25, -0.2) is 21.0 Å². The molecular formula is C4N4S4Zr. The van der Waals surface area contributed by atoms with Crippen molar-refractivity contribution in [1.82, 2.24) is 0 Å². The zero-order chi connectivity index (χ0) is 10.8. The van der Waals surface area contributed by atoms with E-state index in [0.717, 1.165) is 0 Å². The standard InChI is InChI=1S/4CHNS.Zr/c4*2-1-3;/h4*3H;/q;;;;+4/p-4. The Morgan fingerprint density at radius 1 is 0.538 bits per heavy atom. The number of nitrogens with zero attached hydrogens (tertiary/aromatic N) is 4. The van der Waals surface area contributed by atoms with Crippen LogP contribution in [0, 0.1) is 42.7 Å². The van der Waals surface area contributed by atoms with Crippen LogP contribution in [-0.2, 0) is 76.7 Å². The van der Waals surface area contributed by atoms with Crippen molar-refractivity contribution in [3.05, 3.63) is 0 Å². The maximum atomic E-state index is 7.13. The molecule has 0 N–H and O–H groups in total. The van der Waals surface area contributed by atoms with Gasteiger partial charge in [-0.2, -0.15) is 0 Å². The molecule has 0 aliphatic heterocycles. The van der Waals surface area contributed by atoms with Crippen LogP contribution in [0.15, 0.2) is 0 Å². The fourth-order valence-corrected chi connectivity index (χ4v) is 0. The quantitative estimate of drug-likeness (QED) is 0.456. The molecule has 4 nitrogen and oxygen atoms in total. The van der Waals surface area contributed by atoms with Gasteiger partial charge >= 0.3 is 26.2 Å². The summed E-state index contributed by atoms with van der Waals surface area (Å²) in [6.45, 7) is 0. The van der Waals surface area contributed by atoms with Crippen LogP contribution < -0.4 is 0 Å². The Balaban J connectivity index is -0.0000000213. The number of rotatable bonds is 0. The average Bonchev–Trinajstić information content (AvgIpc) is 1.92. The maximum Gasteiger partial charge on any atom is 4.00 e. The van der Waals surface area contributed by atoms with Crippen LogP contribution in [0.2, 0.25) is 0 Å². The fraction of sp³-hybridized carbons (Fsp3) is 0. The van der Waals surface area contributed by atoms with Crippen LogP contribution >= 0.6 is 0 Å². The first-order valence-corrected chi connectivity index (χ1v) is 3.34. The van der Waals surface area contributed by atoms with Crippen molar-refractivity contribution in [3.63, 3.8) is 0 Å². The summed E-state index contributed by atoms with van der Waals surface area (Å²) in [4.78, 5) is 0. The molecule has 0 unspecified atom stereocenters. The summed E-state index contributed by atoms with van der Waals surface area (Å²) in [6, 6.07) is 0. The van der Waals surface area contributed by atoms with Crippen LogP contribution in [0.1, 0.15) is 0 Å². The number of hydrogen-bond acceptors (Lipinski definition) is 8. The Morgan fingerprint density at radius 2 is 0.538 bits per heavy atom. The Labute approximate surface area is 118 Å². The van der Waals surface area contributed by atoms with Crippen molar-refractivity contribution in [2.45, 2.75) is 0 Å². The number of thiocyanates is 4. The van der Waals surface area contributed by atoms with Gasteiger partial charge in [0.05, 0.1) is 0 Å². The molecule has 0 aliphatic rings. The third-order valence-electron chi connectivity index (χ3n) is 0. The zero-order valence-corrected chi connectivity index (χ0v) is 11.6. The van der Waals surface area contributed by atoms with E-state index in [1.807, 2.05) is 0 Å². The van der Waals surface area contributed by atoms with Crippen molar-refractivity contribution in [3.8, 4) is 21.6 Å². The molecule has 13 heavy (non-hydrogen) atoms. The minimum absolute atomic E-state index is 0. The van der Waals surface area contributed by atoms with Gasteiger partial charge in [0, 0.05) is 0 Å². The van der Waals surface area contributed by atoms with Crippen molar-refractivity contribution in [1.29, 1.82) is 21.0 Å². The first-order valence-electron chi connectivity index (χ1n) is 1.71. The van der Waals surface area contributed by atoms with E-state index in [9.17, 15) is 0 Å². The molecular weight excluding hydrogens is 324 g/mol. The van der Waals surface area contributed by atoms with Gasteiger partial charge in [0.1, 0.15) is 0 Å². The topological polar surface area (TPSA) is 95.2 Å². The molecule has 0 aromatic carbocycles. The molecule has 9 heteroatoms. The maximum absolute atomic E-state index is 7.13. The fourth-order valence-electron chi connectivity index (χ4n) is 0. The summed E-state index contributed by atoms with van der Waals surface area (Å²) in [7, 11) is 0. The van der Waals surface area contributed by atoms with Gasteiger partial charge in [-0.05, 0) is 0 Å². The van der Waals surface area contributed by atoms with Crippen molar-refractivity contribution in [2.75, 3.05) is 0 Å². The largest absolute Gasteiger partial charge is 4.00 e. The summed E-state index contributed by atoms with van der Waals surface area (Å²) in [5.41, 5.74) is 0. The van der Waals surface area contributed by atoms with Crippen LogP contribution in [0.25, 0.3) is 0 Å². The molecule has 0 amide bonds. The van der Waals surface area contributed by atoms with Gasteiger partial charge in [-0.3, -0.25) is 0 Å². The summed E-state index contributed by atoms with van der Waals surface area (Å²) in [5.74, 6) is 0. The summed E-state index contributed by atoms with van der Waals surface area (Å²) >= 11 is 14.8. The molecule has 0 spiro atoms. The molecule has 0 heterocycles. The molecule has 0 saturated heterocycles. The summed E-state index contributed by atoms with van der Waals surface area (Å²) < 4.78 is 0. The molecule has 0 fully saturated rings. The molecule has 0 saturated carbocycles. The average molecular weight is 324 g/mol. The van der Waals surface area contributed by atoms with E-state index in [-0.39, 0.29) is 26.2 Å². The van der Waals surface area contributed by atoms with Crippen LogP contribution in [0.3, 0.4) is 0 Å². The molecule has 64 valence electrons. The van der Waals surface area contributed by atoms with Gasteiger partial charge in [0.2, 0.25) is 0 Å². The minimum atomic E-state index is 0. The van der Waals surface area contributed by atoms with E-state index in [4.69, 9.17) is 21.0 Å². The summed E-state index contributed by atoms with van der Waals surface area (Å²) in [6.07, 6.45) is 0. The predicted molar refractivity (Wildman–Crippen MR) is 51.9 cm³/mol. The molecule has 0 bridgehead atoms. The molecule has 0 aliphatic carbocycles. The Hall–Kier alpha value is -0.277. The van der Waals surface area contributed by atoms with Crippen molar-refractivity contribution >= 4 is 50.5 Å². The van der Waals surface area contributed by atoms with E-state index in [1.165, 1.54) is 21.6 Å². The minimum Gasteiger partial charge on any atom is -0.696 e. The smallest absolute Gasteiger partial charge is 0.696 e. The zero-order valence-electron chi connectivity index (χ0n) is 5.92. The van der Waals surface area contributed by atoms with E-state index in [1.54, 1.807) is 0 Å². The van der Waals surface area contributed by atoms with Gasteiger partial charge in [-0.1, -0.05) is 21.6 Å². The van der Waals surface area contributed by atoms with Gasteiger partial charge in [0.25, 0.3) is 0 Å². The molecule has 0 aromatic rings. The second-order valence-corrected chi connectivity index (χ2v) is 1.10. The number of nitriles is 4. The predicted octanol–water partition coefficient (Wildman–Crippen LogP) is 0.0550. The van der Waals surface area contributed by atoms with Crippen molar-refractivity contribution < 1.29 is 26.2 Å². The SMILES string of the molecule is N#C[S-].N#C[S-].N#C[S-].N#C[S-].[Zr+4]. The van der Waals surface area contributed by atoms with Crippen molar-refractivity contribution in [2.24, 2.45) is 0 Å². The summed E-state index contributed by atoms with van der Waals surface area (Å²) in [5, 5.41) is 33.9. The van der Waals surface area contributed by atoms with Crippen LogP contribution in [0.4, 0.5) is 0 Å². The third-order valence-corrected chi connectivity index (χ3v) is 0. The molecule has 0 radical (unpaired) electrons. The van der Waals surface area contributed by atoms with E-state index in [0.29, 0.717) is 0 Å². The second-order valence-electron chi connectivity index (χ2n) is 0.365. The number of hydrogen-bond donors (Lipinski definition) is 0.